The van der Waals surface area contributed by atoms with Gasteiger partial charge < -0.3 is 40.0 Å². The van der Waals surface area contributed by atoms with Gasteiger partial charge in [-0.3, -0.25) is 0 Å². The lowest BCUT2D eigenvalue weighted by Gasteiger charge is -2.52. The standard InChI is InChI=1S/C77H84O4.H4O5P2/c1-70(2,54-31-19-13-20-32-54)60-43-46-63(66(49-60)73(7,8)57-37-25-16-26-38-57)69(80)76(52-78,53-79)77(81,64-47-44-61(71(3,4)55-33-21-14-22-34-55)50-67(64)74(9,10)58-39-27-17-28-40-58)65-48-45-62(72(5,6)56-35-23-15-24-36-56)51-68(65)75(11,12)59-41-29-18-30-42-59;1-6(2)5-7(3)4/h13-51,69,78-81H,52-53H2,1-12H3;1-4H. The minimum atomic E-state index is -2.61. The van der Waals surface area contributed by atoms with E-state index in [-0.39, 0.29) is 0 Å². The van der Waals surface area contributed by atoms with Crippen molar-refractivity contribution in [1.29, 1.82) is 0 Å². The Balaban J connectivity index is 0.00000135. The first kappa shape index (κ1) is 67.4. The molecule has 0 aliphatic carbocycles. The normalized spacial score (nSPS) is 13.3. The Morgan fingerprint density at radius 2 is 0.545 bits per heavy atom. The Bertz CT molecular complexity index is 3560. The summed E-state index contributed by atoms with van der Waals surface area (Å²) in [6.45, 7) is 24.8. The molecule has 1 unspecified atom stereocenters. The SMILES string of the molecule is CC(C)(c1ccccc1)c1ccc(C(O)C(CO)(CO)C(O)(c2ccc(C(C)(C)c3ccccc3)cc2C(C)(C)c2ccccc2)c2ccc(C(C)(C)c3ccccc3)cc2C(C)(C)c2ccccc2)c(C(C)(C)c2ccccc2)c1.OP(O)OP(O)O. The molecule has 0 aromatic heterocycles. The first-order chi connectivity index (χ1) is 41.5. The molecular weight excluding hydrogens is 1130 g/mol. The zero-order valence-electron chi connectivity index (χ0n) is 52.9. The van der Waals surface area contributed by atoms with E-state index in [1.54, 1.807) is 0 Å². The van der Waals surface area contributed by atoms with Crippen LogP contribution in [0.1, 0.15) is 173 Å². The van der Waals surface area contributed by atoms with Crippen molar-refractivity contribution >= 4 is 17.2 Å². The molecule has 0 saturated heterocycles. The molecule has 0 spiro atoms. The van der Waals surface area contributed by atoms with Crippen LogP contribution in [0.4, 0.5) is 0 Å². The van der Waals surface area contributed by atoms with Crippen LogP contribution in [0.15, 0.2) is 237 Å². The molecule has 88 heavy (non-hydrogen) atoms. The number of aliphatic hydroxyl groups excluding tert-OH is 3. The van der Waals surface area contributed by atoms with Crippen molar-refractivity contribution in [3.05, 3.63) is 320 Å². The van der Waals surface area contributed by atoms with Crippen molar-refractivity contribution in [2.24, 2.45) is 5.41 Å². The predicted octanol–water partition coefficient (Wildman–Crippen LogP) is 16.0. The van der Waals surface area contributed by atoms with Gasteiger partial charge >= 0.3 is 17.2 Å². The van der Waals surface area contributed by atoms with Crippen molar-refractivity contribution in [2.75, 3.05) is 13.2 Å². The second-order valence-electron chi connectivity index (χ2n) is 26.4. The molecule has 0 amide bonds. The predicted molar refractivity (Wildman–Crippen MR) is 359 cm³/mol. The first-order valence-corrected chi connectivity index (χ1v) is 32.3. The number of hydrogen-bond acceptors (Lipinski definition) is 9. The van der Waals surface area contributed by atoms with Gasteiger partial charge in [0.1, 0.15) is 5.60 Å². The zero-order chi connectivity index (χ0) is 64.1. The molecule has 0 radical (unpaired) electrons. The lowest BCUT2D eigenvalue weighted by Crippen LogP contribution is -2.57. The van der Waals surface area contributed by atoms with Crippen LogP contribution in [-0.4, -0.2) is 53.2 Å². The van der Waals surface area contributed by atoms with Gasteiger partial charge in [0.15, 0.2) is 0 Å². The summed E-state index contributed by atoms with van der Waals surface area (Å²) in [5.74, 6) is 0. The van der Waals surface area contributed by atoms with Crippen LogP contribution in [0, 0.1) is 5.41 Å². The highest BCUT2D eigenvalue weighted by atomic mass is 31.2. The minimum absolute atomic E-state index is 0.460. The van der Waals surface area contributed by atoms with Crippen LogP contribution < -0.4 is 0 Å². The maximum atomic E-state index is 15.7. The van der Waals surface area contributed by atoms with E-state index in [1.165, 1.54) is 0 Å². The molecular formula is C77H88O9P2. The summed E-state index contributed by atoms with van der Waals surface area (Å²) in [5.41, 5.74) is 5.05. The maximum Gasteiger partial charge on any atom is 0.334 e. The summed E-state index contributed by atoms with van der Waals surface area (Å²) in [7, 11) is -5.22. The van der Waals surface area contributed by atoms with Gasteiger partial charge in [0, 0.05) is 32.5 Å². The Morgan fingerprint density at radius 1 is 0.307 bits per heavy atom. The fourth-order valence-corrected chi connectivity index (χ4v) is 13.6. The Morgan fingerprint density at radius 3 is 0.795 bits per heavy atom. The average Bonchev–Trinajstić information content (AvgIpc) is 0.756. The highest BCUT2D eigenvalue weighted by molar-refractivity contribution is 7.53. The molecule has 9 aromatic rings. The maximum absolute atomic E-state index is 15.7. The number of hydrogen-bond donors (Lipinski definition) is 8. The zero-order valence-corrected chi connectivity index (χ0v) is 54.7. The Hall–Kier alpha value is -6.52. The molecule has 460 valence electrons. The molecule has 0 saturated carbocycles. The summed E-state index contributed by atoms with van der Waals surface area (Å²) < 4.78 is 3.60. The lowest BCUT2D eigenvalue weighted by molar-refractivity contribution is -0.174. The molecule has 1 atom stereocenters. The summed E-state index contributed by atoms with van der Waals surface area (Å²) in [6, 6.07) is 81.4. The van der Waals surface area contributed by atoms with E-state index in [4.69, 9.17) is 19.6 Å². The van der Waals surface area contributed by atoms with Crippen molar-refractivity contribution in [1.82, 2.24) is 0 Å². The molecule has 9 aromatic carbocycles. The summed E-state index contributed by atoms with van der Waals surface area (Å²) in [5, 5.41) is 55.8. The van der Waals surface area contributed by atoms with Gasteiger partial charge in [-0.2, -0.15) is 0 Å². The van der Waals surface area contributed by atoms with Crippen LogP contribution in [0.5, 0.6) is 0 Å². The van der Waals surface area contributed by atoms with Gasteiger partial charge in [0.25, 0.3) is 0 Å². The average molecular weight is 1220 g/mol. The number of benzene rings is 9. The molecule has 0 aliphatic rings. The quantitative estimate of drug-likeness (QED) is 0.0326. The van der Waals surface area contributed by atoms with Gasteiger partial charge in [0.05, 0.1) is 24.7 Å². The molecule has 0 fully saturated rings. The number of rotatable bonds is 21. The van der Waals surface area contributed by atoms with Crippen LogP contribution >= 0.6 is 17.2 Å². The Kier molecular flexibility index (Phi) is 20.6. The van der Waals surface area contributed by atoms with E-state index in [9.17, 15) is 15.3 Å². The van der Waals surface area contributed by atoms with Crippen LogP contribution in [0.25, 0.3) is 0 Å². The monoisotopic (exact) mass is 1220 g/mol. The van der Waals surface area contributed by atoms with Gasteiger partial charge in [-0.05, 0) is 83.5 Å². The molecule has 9 nitrogen and oxygen atoms in total. The molecule has 0 heterocycles. The third-order valence-corrected chi connectivity index (χ3v) is 20.4. The van der Waals surface area contributed by atoms with E-state index in [0.29, 0.717) is 16.7 Å². The van der Waals surface area contributed by atoms with Crippen LogP contribution in [0.2, 0.25) is 0 Å². The van der Waals surface area contributed by atoms with E-state index >= 15 is 5.11 Å². The van der Waals surface area contributed by atoms with Gasteiger partial charge in [-0.1, -0.05) is 320 Å². The van der Waals surface area contributed by atoms with Crippen molar-refractivity contribution < 1.29 is 44.3 Å². The van der Waals surface area contributed by atoms with Crippen molar-refractivity contribution in [3.63, 3.8) is 0 Å². The second kappa shape index (κ2) is 26.9. The third kappa shape index (κ3) is 13.1. The molecule has 0 aliphatic heterocycles. The molecule has 8 N–H and O–H groups in total. The third-order valence-electron chi connectivity index (χ3n) is 19.3. The smallest absolute Gasteiger partial charge is 0.334 e. The highest BCUT2D eigenvalue weighted by Crippen LogP contribution is 2.59. The largest absolute Gasteiger partial charge is 0.395 e. The van der Waals surface area contributed by atoms with Crippen LogP contribution in [-0.2, 0) is 42.4 Å². The fourth-order valence-electron chi connectivity index (χ4n) is 13.0. The summed E-state index contributed by atoms with van der Waals surface area (Å²) in [4.78, 5) is 31.3. The van der Waals surface area contributed by atoms with E-state index < -0.39 is 80.0 Å². The molecule has 11 heteroatoms. The van der Waals surface area contributed by atoms with E-state index in [2.05, 4.69) is 233 Å². The van der Waals surface area contributed by atoms with Gasteiger partial charge in [-0.15, -0.1) is 0 Å². The highest BCUT2D eigenvalue weighted by Gasteiger charge is 2.60. The first-order valence-electron chi connectivity index (χ1n) is 30.0. The summed E-state index contributed by atoms with van der Waals surface area (Å²) in [6.07, 6.45) is -1.68. The van der Waals surface area contributed by atoms with E-state index in [0.717, 1.165) is 66.8 Å². The molecule has 0 bridgehead atoms. The van der Waals surface area contributed by atoms with Gasteiger partial charge in [-0.25, -0.2) is 4.31 Å². The van der Waals surface area contributed by atoms with Crippen LogP contribution in [0.3, 0.4) is 0 Å². The van der Waals surface area contributed by atoms with E-state index in [1.807, 2.05) is 91.0 Å². The van der Waals surface area contributed by atoms with Crippen molar-refractivity contribution in [3.8, 4) is 0 Å². The number of aliphatic hydroxyl groups is 4. The fraction of sp³-hybridized carbons (Fsp3) is 0.299. The minimum Gasteiger partial charge on any atom is -0.395 e. The topological polar surface area (TPSA) is 171 Å². The summed E-state index contributed by atoms with van der Waals surface area (Å²) >= 11 is 0. The molecule has 9 rings (SSSR count). The Labute approximate surface area is 524 Å². The lowest BCUT2D eigenvalue weighted by atomic mass is 9.55. The van der Waals surface area contributed by atoms with Crippen molar-refractivity contribution in [2.45, 2.75) is 127 Å². The second-order valence-corrected chi connectivity index (χ2v) is 28.1. The van der Waals surface area contributed by atoms with Gasteiger partial charge in [0.2, 0.25) is 0 Å².